The normalized spacial score (nSPS) is 10.4. The summed E-state index contributed by atoms with van der Waals surface area (Å²) in [6, 6.07) is 10.1. The number of nitrogens with one attached hydrogen (secondary N) is 1. The van der Waals surface area contributed by atoms with Crippen molar-refractivity contribution in [2.45, 2.75) is 15.7 Å². The maximum atomic E-state index is 11.7. The number of hydrogen-bond donors (Lipinski definition) is 1. The predicted octanol–water partition coefficient (Wildman–Crippen LogP) is 2.78. The molecule has 0 aliphatic rings. The highest BCUT2D eigenvalue weighted by Gasteiger charge is 2.07. The summed E-state index contributed by atoms with van der Waals surface area (Å²) in [6.45, 7) is 0. The summed E-state index contributed by atoms with van der Waals surface area (Å²) >= 11 is 3.05. The molecule has 1 aromatic heterocycles. The minimum atomic E-state index is -0.0194. The van der Waals surface area contributed by atoms with Gasteiger partial charge in [0.1, 0.15) is 5.03 Å². The van der Waals surface area contributed by atoms with Crippen molar-refractivity contribution in [3.05, 3.63) is 52.3 Å². The highest BCUT2D eigenvalue weighted by atomic mass is 32.2. The van der Waals surface area contributed by atoms with Crippen LogP contribution in [0.15, 0.2) is 51.2 Å². The van der Waals surface area contributed by atoms with Gasteiger partial charge in [0, 0.05) is 5.75 Å². The molecule has 0 radical (unpaired) electrons. The van der Waals surface area contributed by atoms with Gasteiger partial charge in [0.2, 0.25) is 5.43 Å². The number of rotatable bonds is 4. The summed E-state index contributed by atoms with van der Waals surface area (Å²) in [4.78, 5) is 12.5. The fourth-order valence-electron chi connectivity index (χ4n) is 1.38. The van der Waals surface area contributed by atoms with E-state index < -0.39 is 0 Å². The van der Waals surface area contributed by atoms with Gasteiger partial charge in [0.05, 0.1) is 11.1 Å². The van der Waals surface area contributed by atoms with Crippen LogP contribution >= 0.6 is 23.5 Å². The molecule has 1 N–H and O–H groups in total. The molecule has 5 heteroatoms. The summed E-state index contributed by atoms with van der Waals surface area (Å²) in [5.41, 5.74) is 1.19. The topological polar surface area (TPSA) is 45.8 Å². The minimum Gasteiger partial charge on any atom is -0.287 e. The molecule has 17 heavy (non-hydrogen) atoms. The fraction of sp³-hybridized carbons (Fsp3) is 0.167. The molecule has 0 spiro atoms. The molecular weight excluding hydrogens is 252 g/mol. The zero-order chi connectivity index (χ0) is 12.1. The van der Waals surface area contributed by atoms with Crippen LogP contribution in [0.4, 0.5) is 0 Å². The number of aromatic amines is 1. The van der Waals surface area contributed by atoms with Crippen LogP contribution in [0.3, 0.4) is 0 Å². The first-order valence-electron chi connectivity index (χ1n) is 5.09. The second-order valence-electron chi connectivity index (χ2n) is 3.37. The Balaban J connectivity index is 2.17. The number of hydrogen-bond acceptors (Lipinski definition) is 4. The van der Waals surface area contributed by atoms with Crippen LogP contribution in [-0.2, 0) is 5.75 Å². The lowest BCUT2D eigenvalue weighted by Gasteiger charge is -2.05. The van der Waals surface area contributed by atoms with Crippen molar-refractivity contribution in [3.8, 4) is 0 Å². The first-order valence-corrected chi connectivity index (χ1v) is 7.30. The lowest BCUT2D eigenvalue weighted by molar-refractivity contribution is 0.861. The van der Waals surface area contributed by atoms with Gasteiger partial charge in [-0.15, -0.1) is 23.5 Å². The average Bonchev–Trinajstić information content (AvgIpc) is 2.38. The van der Waals surface area contributed by atoms with E-state index in [9.17, 15) is 4.79 Å². The number of aromatic nitrogens is 2. The SMILES string of the molecule is CSc1[nH]ncc(=O)c1SCc1ccccc1. The third-order valence-electron chi connectivity index (χ3n) is 2.21. The Morgan fingerprint density at radius 1 is 1.29 bits per heavy atom. The van der Waals surface area contributed by atoms with Gasteiger partial charge in [-0.3, -0.25) is 9.89 Å². The molecule has 3 nitrogen and oxygen atoms in total. The van der Waals surface area contributed by atoms with Crippen LogP contribution in [0, 0.1) is 0 Å². The van der Waals surface area contributed by atoms with Gasteiger partial charge in [-0.2, -0.15) is 5.10 Å². The number of nitrogens with zero attached hydrogens (tertiary/aromatic N) is 1. The molecule has 0 fully saturated rings. The largest absolute Gasteiger partial charge is 0.287 e. The van der Waals surface area contributed by atoms with Crippen molar-refractivity contribution < 1.29 is 0 Å². The Bertz CT molecular complexity index is 540. The van der Waals surface area contributed by atoms with E-state index >= 15 is 0 Å². The monoisotopic (exact) mass is 264 g/mol. The second kappa shape index (κ2) is 5.93. The summed E-state index contributed by atoms with van der Waals surface area (Å²) in [5, 5.41) is 7.49. The Morgan fingerprint density at radius 3 is 2.76 bits per heavy atom. The summed E-state index contributed by atoms with van der Waals surface area (Å²) < 4.78 is 0. The van der Waals surface area contributed by atoms with Gasteiger partial charge >= 0.3 is 0 Å². The number of benzene rings is 1. The third-order valence-corrected chi connectivity index (χ3v) is 4.21. The lowest BCUT2D eigenvalue weighted by Crippen LogP contribution is -2.07. The second-order valence-corrected chi connectivity index (χ2v) is 5.17. The summed E-state index contributed by atoms with van der Waals surface area (Å²) in [5.74, 6) is 0.793. The van der Waals surface area contributed by atoms with E-state index in [0.717, 1.165) is 15.7 Å². The van der Waals surface area contributed by atoms with Gasteiger partial charge in [-0.1, -0.05) is 30.3 Å². The summed E-state index contributed by atoms with van der Waals surface area (Å²) in [6.07, 6.45) is 3.26. The van der Waals surface area contributed by atoms with Crippen molar-refractivity contribution in [1.82, 2.24) is 10.2 Å². The van der Waals surface area contributed by atoms with E-state index in [0.29, 0.717) is 0 Å². The zero-order valence-electron chi connectivity index (χ0n) is 9.34. The Labute approximate surface area is 108 Å². The fourth-order valence-corrected chi connectivity index (χ4v) is 3.11. The van der Waals surface area contributed by atoms with Crippen LogP contribution in [0.25, 0.3) is 0 Å². The van der Waals surface area contributed by atoms with Crippen molar-refractivity contribution in [2.24, 2.45) is 0 Å². The highest BCUT2D eigenvalue weighted by molar-refractivity contribution is 8.01. The molecule has 0 saturated heterocycles. The quantitative estimate of drug-likeness (QED) is 0.863. The van der Waals surface area contributed by atoms with Crippen molar-refractivity contribution >= 4 is 23.5 Å². The Kier molecular flexibility index (Phi) is 4.28. The molecule has 88 valence electrons. The summed E-state index contributed by atoms with van der Waals surface area (Å²) in [7, 11) is 0. The minimum absolute atomic E-state index is 0.0194. The van der Waals surface area contributed by atoms with E-state index in [1.165, 1.54) is 23.5 Å². The van der Waals surface area contributed by atoms with Crippen molar-refractivity contribution in [2.75, 3.05) is 6.26 Å². The number of thioether (sulfide) groups is 2. The zero-order valence-corrected chi connectivity index (χ0v) is 11.0. The van der Waals surface area contributed by atoms with Crippen molar-refractivity contribution in [1.29, 1.82) is 0 Å². The molecule has 0 aliphatic heterocycles. The molecular formula is C12H12N2OS2. The van der Waals surface area contributed by atoms with Gasteiger partial charge < -0.3 is 0 Å². The smallest absolute Gasteiger partial charge is 0.214 e. The van der Waals surface area contributed by atoms with Gasteiger partial charge in [0.25, 0.3) is 0 Å². The van der Waals surface area contributed by atoms with Crippen LogP contribution in [0.1, 0.15) is 5.56 Å². The molecule has 1 heterocycles. The molecule has 1 aromatic carbocycles. The van der Waals surface area contributed by atoms with Crippen LogP contribution in [0.5, 0.6) is 0 Å². The standard InChI is InChI=1S/C12H12N2OS2/c1-16-12-11(10(15)7-13-14-12)17-8-9-5-3-2-4-6-9/h2-7H,8H2,1H3,(H,14,15). The molecule has 2 rings (SSSR count). The molecule has 0 aliphatic carbocycles. The van der Waals surface area contributed by atoms with E-state index in [-0.39, 0.29) is 5.43 Å². The van der Waals surface area contributed by atoms with E-state index in [1.807, 2.05) is 24.5 Å². The van der Waals surface area contributed by atoms with E-state index in [4.69, 9.17) is 0 Å². The average molecular weight is 264 g/mol. The van der Waals surface area contributed by atoms with Crippen LogP contribution < -0.4 is 5.43 Å². The van der Waals surface area contributed by atoms with E-state index in [1.54, 1.807) is 11.8 Å². The third kappa shape index (κ3) is 3.14. The van der Waals surface area contributed by atoms with Gasteiger partial charge in [0.15, 0.2) is 0 Å². The predicted molar refractivity (Wildman–Crippen MR) is 72.6 cm³/mol. The van der Waals surface area contributed by atoms with Gasteiger partial charge in [-0.25, -0.2) is 0 Å². The number of H-pyrrole nitrogens is 1. The Hall–Kier alpha value is -1.20. The molecule has 0 unspecified atom stereocenters. The lowest BCUT2D eigenvalue weighted by atomic mass is 10.2. The first kappa shape index (κ1) is 12.3. The molecule has 0 bridgehead atoms. The molecule has 2 aromatic rings. The maximum absolute atomic E-state index is 11.7. The molecule has 0 saturated carbocycles. The highest BCUT2D eigenvalue weighted by Crippen LogP contribution is 2.26. The first-order chi connectivity index (χ1) is 8.31. The van der Waals surface area contributed by atoms with Crippen LogP contribution in [-0.4, -0.2) is 16.5 Å². The molecule has 0 atom stereocenters. The van der Waals surface area contributed by atoms with Crippen LogP contribution in [0.2, 0.25) is 0 Å². The molecule has 0 amide bonds. The van der Waals surface area contributed by atoms with Gasteiger partial charge in [-0.05, 0) is 11.8 Å². The maximum Gasteiger partial charge on any atom is 0.214 e. The van der Waals surface area contributed by atoms with Crippen molar-refractivity contribution in [3.63, 3.8) is 0 Å². The Morgan fingerprint density at radius 2 is 2.06 bits per heavy atom. The van der Waals surface area contributed by atoms with E-state index in [2.05, 4.69) is 22.3 Å².